The molecule has 0 aliphatic heterocycles. The molecule has 2 N–H and O–H groups in total. The Morgan fingerprint density at radius 3 is 2.46 bits per heavy atom. The van der Waals surface area contributed by atoms with E-state index in [4.69, 9.17) is 15.2 Å². The zero-order chi connectivity index (χ0) is 9.94. The van der Waals surface area contributed by atoms with Crippen molar-refractivity contribution < 1.29 is 9.47 Å². The molecular weight excluding hydrogens is 166 g/mol. The van der Waals surface area contributed by atoms with Gasteiger partial charge in [0.05, 0.1) is 13.2 Å². The van der Waals surface area contributed by atoms with Crippen molar-refractivity contribution in [3.63, 3.8) is 0 Å². The number of methoxy groups -OCH3 is 1. The Morgan fingerprint density at radius 1 is 1.15 bits per heavy atom. The Balaban J connectivity index is 3.17. The molecule has 3 heteroatoms. The summed E-state index contributed by atoms with van der Waals surface area (Å²) in [4.78, 5) is 0. The van der Waals surface area contributed by atoms with Crippen LogP contribution in [0.4, 0.5) is 0 Å². The Hall–Kier alpha value is -0.120. The van der Waals surface area contributed by atoms with Crippen molar-refractivity contribution in [2.45, 2.75) is 26.2 Å². The molecule has 0 rings (SSSR count). The van der Waals surface area contributed by atoms with Crippen LogP contribution in [0.1, 0.15) is 26.2 Å². The standard InChI is InChI=1S/C10H23NO2/c1-3-4-10(9-11)5-6-13-8-7-12-2/h10H,3-9,11H2,1-2H3. The van der Waals surface area contributed by atoms with Crippen LogP contribution < -0.4 is 5.73 Å². The Morgan fingerprint density at radius 2 is 1.92 bits per heavy atom. The molecule has 0 spiro atoms. The van der Waals surface area contributed by atoms with Gasteiger partial charge in [-0.05, 0) is 25.3 Å². The van der Waals surface area contributed by atoms with Crippen LogP contribution in [-0.2, 0) is 9.47 Å². The van der Waals surface area contributed by atoms with Crippen LogP contribution in [0.3, 0.4) is 0 Å². The summed E-state index contributed by atoms with van der Waals surface area (Å²) in [6.45, 7) is 5.15. The molecule has 0 aromatic carbocycles. The Kier molecular flexibility index (Phi) is 9.87. The fourth-order valence-corrected chi connectivity index (χ4v) is 1.28. The third kappa shape index (κ3) is 8.22. The minimum absolute atomic E-state index is 0.632. The molecule has 0 saturated heterocycles. The first kappa shape index (κ1) is 12.9. The number of nitrogens with two attached hydrogens (primary N) is 1. The van der Waals surface area contributed by atoms with Crippen LogP contribution in [0.25, 0.3) is 0 Å². The van der Waals surface area contributed by atoms with Crippen LogP contribution in [0.5, 0.6) is 0 Å². The lowest BCUT2D eigenvalue weighted by Gasteiger charge is -2.13. The first-order valence-electron chi connectivity index (χ1n) is 5.11. The molecule has 0 saturated carbocycles. The second-order valence-electron chi connectivity index (χ2n) is 3.28. The van der Waals surface area contributed by atoms with Gasteiger partial charge in [-0.15, -0.1) is 0 Å². The summed E-state index contributed by atoms with van der Waals surface area (Å²) < 4.78 is 10.2. The molecular formula is C10H23NO2. The maximum atomic E-state index is 5.62. The number of ether oxygens (including phenoxy) is 2. The van der Waals surface area contributed by atoms with E-state index in [1.807, 2.05) is 0 Å². The molecule has 0 heterocycles. The smallest absolute Gasteiger partial charge is 0.0700 e. The summed E-state index contributed by atoms with van der Waals surface area (Å²) in [5.74, 6) is 0.632. The SMILES string of the molecule is CCCC(CN)CCOCCOC. The number of hydrogen-bond donors (Lipinski definition) is 1. The van der Waals surface area contributed by atoms with Crippen molar-refractivity contribution in [3.8, 4) is 0 Å². The lowest BCUT2D eigenvalue weighted by molar-refractivity contribution is 0.0635. The summed E-state index contributed by atoms with van der Waals surface area (Å²) >= 11 is 0. The molecule has 1 unspecified atom stereocenters. The second kappa shape index (κ2) is 9.96. The van der Waals surface area contributed by atoms with Crippen LogP contribution >= 0.6 is 0 Å². The molecule has 80 valence electrons. The van der Waals surface area contributed by atoms with Gasteiger partial charge >= 0.3 is 0 Å². The molecule has 0 fully saturated rings. The lowest BCUT2D eigenvalue weighted by atomic mass is 10.0. The van der Waals surface area contributed by atoms with Crippen LogP contribution in [-0.4, -0.2) is 33.5 Å². The van der Waals surface area contributed by atoms with Crippen LogP contribution in [0.15, 0.2) is 0 Å². The monoisotopic (exact) mass is 189 g/mol. The summed E-state index contributed by atoms with van der Waals surface area (Å²) in [6.07, 6.45) is 3.50. The van der Waals surface area contributed by atoms with E-state index in [1.54, 1.807) is 7.11 Å². The average molecular weight is 189 g/mol. The van der Waals surface area contributed by atoms with Gasteiger partial charge in [-0.2, -0.15) is 0 Å². The fraction of sp³-hybridized carbons (Fsp3) is 1.00. The minimum Gasteiger partial charge on any atom is -0.382 e. The summed E-state index contributed by atoms with van der Waals surface area (Å²) in [5.41, 5.74) is 5.62. The molecule has 1 atom stereocenters. The Labute approximate surface area is 81.6 Å². The van der Waals surface area contributed by atoms with Crippen LogP contribution in [0, 0.1) is 5.92 Å². The third-order valence-electron chi connectivity index (χ3n) is 2.13. The van der Waals surface area contributed by atoms with Crippen LogP contribution in [0.2, 0.25) is 0 Å². The van der Waals surface area contributed by atoms with Gasteiger partial charge < -0.3 is 15.2 Å². The van der Waals surface area contributed by atoms with Gasteiger partial charge in [-0.1, -0.05) is 13.3 Å². The van der Waals surface area contributed by atoms with Gasteiger partial charge in [0.1, 0.15) is 0 Å². The van der Waals surface area contributed by atoms with E-state index in [-0.39, 0.29) is 0 Å². The van der Waals surface area contributed by atoms with Crippen molar-refractivity contribution in [2.75, 3.05) is 33.5 Å². The predicted molar refractivity (Wildman–Crippen MR) is 54.8 cm³/mol. The topological polar surface area (TPSA) is 44.5 Å². The van der Waals surface area contributed by atoms with E-state index in [0.717, 1.165) is 19.6 Å². The lowest BCUT2D eigenvalue weighted by Crippen LogP contribution is -2.16. The molecule has 0 aromatic rings. The van der Waals surface area contributed by atoms with Gasteiger partial charge in [0, 0.05) is 13.7 Å². The summed E-state index contributed by atoms with van der Waals surface area (Å²) in [7, 11) is 1.68. The van der Waals surface area contributed by atoms with Crippen molar-refractivity contribution in [3.05, 3.63) is 0 Å². The quantitative estimate of drug-likeness (QED) is 0.558. The van der Waals surface area contributed by atoms with E-state index in [2.05, 4.69) is 6.92 Å². The van der Waals surface area contributed by atoms with Gasteiger partial charge in [0.15, 0.2) is 0 Å². The molecule has 0 amide bonds. The molecule has 3 nitrogen and oxygen atoms in total. The van der Waals surface area contributed by atoms with E-state index in [9.17, 15) is 0 Å². The third-order valence-corrected chi connectivity index (χ3v) is 2.13. The van der Waals surface area contributed by atoms with E-state index >= 15 is 0 Å². The van der Waals surface area contributed by atoms with Crippen molar-refractivity contribution in [1.82, 2.24) is 0 Å². The van der Waals surface area contributed by atoms with Gasteiger partial charge in [-0.25, -0.2) is 0 Å². The average Bonchev–Trinajstić information content (AvgIpc) is 2.16. The van der Waals surface area contributed by atoms with E-state index in [0.29, 0.717) is 19.1 Å². The molecule has 0 aliphatic rings. The highest BCUT2D eigenvalue weighted by Gasteiger charge is 2.04. The Bertz CT molecular complexity index is 98.9. The molecule has 13 heavy (non-hydrogen) atoms. The normalized spacial score (nSPS) is 13.2. The van der Waals surface area contributed by atoms with Gasteiger partial charge in [0.25, 0.3) is 0 Å². The zero-order valence-electron chi connectivity index (χ0n) is 8.92. The van der Waals surface area contributed by atoms with Gasteiger partial charge in [0.2, 0.25) is 0 Å². The highest BCUT2D eigenvalue weighted by atomic mass is 16.5. The fourth-order valence-electron chi connectivity index (χ4n) is 1.28. The highest BCUT2D eigenvalue weighted by molar-refractivity contribution is 4.58. The maximum Gasteiger partial charge on any atom is 0.0700 e. The largest absolute Gasteiger partial charge is 0.382 e. The number of rotatable bonds is 9. The predicted octanol–water partition coefficient (Wildman–Crippen LogP) is 1.41. The molecule has 0 bridgehead atoms. The van der Waals surface area contributed by atoms with Crippen molar-refractivity contribution >= 4 is 0 Å². The molecule has 0 aromatic heterocycles. The minimum atomic E-state index is 0.632. The van der Waals surface area contributed by atoms with E-state index in [1.165, 1.54) is 12.8 Å². The van der Waals surface area contributed by atoms with E-state index < -0.39 is 0 Å². The van der Waals surface area contributed by atoms with Gasteiger partial charge in [-0.3, -0.25) is 0 Å². The summed E-state index contributed by atoms with van der Waals surface area (Å²) in [6, 6.07) is 0. The first-order chi connectivity index (χ1) is 6.35. The summed E-state index contributed by atoms with van der Waals surface area (Å²) in [5, 5.41) is 0. The number of hydrogen-bond acceptors (Lipinski definition) is 3. The first-order valence-corrected chi connectivity index (χ1v) is 5.11. The van der Waals surface area contributed by atoms with Crippen molar-refractivity contribution in [1.29, 1.82) is 0 Å². The molecule has 0 aliphatic carbocycles. The van der Waals surface area contributed by atoms with Crippen molar-refractivity contribution in [2.24, 2.45) is 11.7 Å². The highest BCUT2D eigenvalue weighted by Crippen LogP contribution is 2.08. The molecule has 0 radical (unpaired) electrons. The second-order valence-corrected chi connectivity index (χ2v) is 3.28. The maximum absolute atomic E-state index is 5.62. The zero-order valence-corrected chi connectivity index (χ0v) is 8.92.